The Hall–Kier alpha value is -2.80. The minimum atomic E-state index is -4.55. The average Bonchev–Trinajstić information content (AvgIpc) is 2.60. The van der Waals surface area contributed by atoms with Gasteiger partial charge >= 0.3 is 12.2 Å². The summed E-state index contributed by atoms with van der Waals surface area (Å²) in [5.74, 6) is 0. The average molecular weight is 380 g/mol. The lowest BCUT2D eigenvalue weighted by molar-refractivity contribution is -0.137. The summed E-state index contributed by atoms with van der Waals surface area (Å²) in [6, 6.07) is 10.1. The fourth-order valence-corrected chi connectivity index (χ4v) is 2.70. The van der Waals surface area contributed by atoms with Gasteiger partial charge in [0.25, 0.3) is 0 Å². The number of aromatic nitrogens is 1. The summed E-state index contributed by atoms with van der Waals surface area (Å²) in [5.41, 5.74) is -0.0612. The van der Waals surface area contributed by atoms with E-state index in [-0.39, 0.29) is 11.6 Å². The number of nitrogens with one attached hydrogen (secondary N) is 2. The number of carbonyl (C=O) groups is 1. The molecule has 0 saturated heterocycles. The molecule has 0 bridgehead atoms. The molecule has 4 nitrogen and oxygen atoms in total. The van der Waals surface area contributed by atoms with E-state index in [2.05, 4.69) is 15.6 Å². The fraction of sp³-hybridized carbons (Fsp3) is 0.111. The normalized spacial score (nSPS) is 11.4. The zero-order valence-electron chi connectivity index (χ0n) is 13.3. The van der Waals surface area contributed by atoms with Crippen molar-refractivity contribution in [3.63, 3.8) is 0 Å². The third-order valence-corrected chi connectivity index (χ3v) is 4.05. The van der Waals surface area contributed by atoms with Gasteiger partial charge in [-0.15, -0.1) is 0 Å². The predicted octanol–water partition coefficient (Wildman–Crippen LogP) is 5.23. The van der Waals surface area contributed by atoms with E-state index in [4.69, 9.17) is 11.6 Å². The lowest BCUT2D eigenvalue weighted by Crippen LogP contribution is -2.28. The van der Waals surface area contributed by atoms with Crippen molar-refractivity contribution in [3.05, 3.63) is 71.0 Å². The highest BCUT2D eigenvalue weighted by atomic mass is 35.5. The van der Waals surface area contributed by atoms with Crippen molar-refractivity contribution in [2.24, 2.45) is 0 Å². The number of carbonyl (C=O) groups excluding carboxylic acids is 1. The van der Waals surface area contributed by atoms with Gasteiger partial charge in [-0.05, 0) is 29.8 Å². The van der Waals surface area contributed by atoms with Crippen LogP contribution in [0.3, 0.4) is 0 Å². The van der Waals surface area contributed by atoms with E-state index in [9.17, 15) is 18.0 Å². The second kappa shape index (κ2) is 7.21. The Balaban J connectivity index is 1.70. The first-order valence-corrected chi connectivity index (χ1v) is 7.95. The summed E-state index contributed by atoms with van der Waals surface area (Å²) in [4.78, 5) is 16.1. The Bertz CT molecular complexity index is 955. The van der Waals surface area contributed by atoms with Gasteiger partial charge in [0.05, 0.1) is 16.3 Å². The molecule has 0 unspecified atom stereocenters. The second-order valence-electron chi connectivity index (χ2n) is 5.52. The maximum absolute atomic E-state index is 12.9. The van der Waals surface area contributed by atoms with E-state index in [1.165, 1.54) is 6.07 Å². The molecular formula is C18H13ClF3N3O. The Kier molecular flexibility index (Phi) is 4.99. The van der Waals surface area contributed by atoms with E-state index in [0.29, 0.717) is 11.3 Å². The molecule has 134 valence electrons. The summed E-state index contributed by atoms with van der Waals surface area (Å²) < 4.78 is 38.6. The molecule has 0 aliphatic carbocycles. The molecule has 2 N–H and O–H groups in total. The maximum atomic E-state index is 12.9. The number of hydrogen-bond donors (Lipinski definition) is 2. The Labute approximate surface area is 152 Å². The molecule has 1 aromatic heterocycles. The first-order chi connectivity index (χ1) is 12.3. The monoisotopic (exact) mass is 379 g/mol. The molecule has 8 heteroatoms. The SMILES string of the molecule is O=C(NCc1ccc(Cl)c(C(F)(F)F)c1)Nc1cccc2cnccc12. The molecule has 0 saturated carbocycles. The quantitative estimate of drug-likeness (QED) is 0.654. The highest BCUT2D eigenvalue weighted by Crippen LogP contribution is 2.35. The van der Waals surface area contributed by atoms with Crippen molar-refractivity contribution in [2.75, 3.05) is 5.32 Å². The maximum Gasteiger partial charge on any atom is 0.417 e. The molecule has 0 atom stereocenters. The lowest BCUT2D eigenvalue weighted by atomic mass is 10.1. The predicted molar refractivity (Wildman–Crippen MR) is 94.1 cm³/mol. The molecule has 0 aliphatic heterocycles. The highest BCUT2D eigenvalue weighted by molar-refractivity contribution is 6.31. The number of amides is 2. The van der Waals surface area contributed by atoms with Crippen LogP contribution >= 0.6 is 11.6 Å². The molecule has 26 heavy (non-hydrogen) atoms. The van der Waals surface area contributed by atoms with Crippen molar-refractivity contribution < 1.29 is 18.0 Å². The molecular weight excluding hydrogens is 367 g/mol. The number of halogens is 4. The minimum absolute atomic E-state index is 0.0710. The molecule has 0 radical (unpaired) electrons. The topological polar surface area (TPSA) is 54.0 Å². The molecule has 2 aromatic carbocycles. The molecule has 0 aliphatic rings. The summed E-state index contributed by atoms with van der Waals surface area (Å²) >= 11 is 5.58. The number of fused-ring (bicyclic) bond motifs is 1. The van der Waals surface area contributed by atoms with Crippen molar-refractivity contribution in [1.29, 1.82) is 0 Å². The first-order valence-electron chi connectivity index (χ1n) is 7.58. The molecule has 1 heterocycles. The van der Waals surface area contributed by atoms with Gasteiger partial charge in [0.2, 0.25) is 0 Å². The van der Waals surface area contributed by atoms with Gasteiger partial charge in [-0.25, -0.2) is 4.79 Å². The van der Waals surface area contributed by atoms with E-state index in [0.717, 1.165) is 22.9 Å². The summed E-state index contributed by atoms with van der Waals surface area (Å²) in [6.45, 7) is -0.0710. The molecule has 0 fully saturated rings. The first kappa shape index (κ1) is 18.0. The van der Waals surface area contributed by atoms with Gasteiger partial charge in [-0.1, -0.05) is 29.8 Å². The van der Waals surface area contributed by atoms with Crippen LogP contribution in [-0.2, 0) is 12.7 Å². The number of urea groups is 1. The van der Waals surface area contributed by atoms with E-state index < -0.39 is 17.8 Å². The Morgan fingerprint density at radius 3 is 2.73 bits per heavy atom. The van der Waals surface area contributed by atoms with Crippen LogP contribution in [0.25, 0.3) is 10.8 Å². The third-order valence-electron chi connectivity index (χ3n) is 3.72. The number of alkyl halides is 3. The van der Waals surface area contributed by atoms with Gasteiger partial charge in [-0.3, -0.25) is 4.98 Å². The molecule has 0 spiro atoms. The fourth-order valence-electron chi connectivity index (χ4n) is 2.48. The van der Waals surface area contributed by atoms with Crippen molar-refractivity contribution >= 4 is 34.1 Å². The van der Waals surface area contributed by atoms with Crippen LogP contribution in [0.15, 0.2) is 54.9 Å². The lowest BCUT2D eigenvalue weighted by Gasteiger charge is -2.12. The molecule has 3 rings (SSSR count). The van der Waals surface area contributed by atoms with Crippen molar-refractivity contribution in [3.8, 4) is 0 Å². The zero-order valence-corrected chi connectivity index (χ0v) is 14.0. The van der Waals surface area contributed by atoms with Crippen molar-refractivity contribution in [1.82, 2.24) is 10.3 Å². The van der Waals surface area contributed by atoms with Crippen LogP contribution < -0.4 is 10.6 Å². The third kappa shape index (κ3) is 4.05. The number of nitrogens with zero attached hydrogens (tertiary/aromatic N) is 1. The minimum Gasteiger partial charge on any atom is -0.334 e. The zero-order chi connectivity index (χ0) is 18.7. The number of hydrogen-bond acceptors (Lipinski definition) is 2. The van der Waals surface area contributed by atoms with Crippen LogP contribution in [0.5, 0.6) is 0 Å². The summed E-state index contributed by atoms with van der Waals surface area (Å²) in [5, 5.41) is 6.51. The smallest absolute Gasteiger partial charge is 0.334 e. The van der Waals surface area contributed by atoms with E-state index >= 15 is 0 Å². The largest absolute Gasteiger partial charge is 0.417 e. The number of pyridine rings is 1. The van der Waals surface area contributed by atoms with Crippen LogP contribution in [-0.4, -0.2) is 11.0 Å². The van der Waals surface area contributed by atoms with E-state index in [1.54, 1.807) is 30.6 Å². The number of rotatable bonds is 3. The highest BCUT2D eigenvalue weighted by Gasteiger charge is 2.33. The second-order valence-corrected chi connectivity index (χ2v) is 5.93. The summed E-state index contributed by atoms with van der Waals surface area (Å²) in [7, 11) is 0. The van der Waals surface area contributed by atoms with Crippen molar-refractivity contribution in [2.45, 2.75) is 12.7 Å². The Morgan fingerprint density at radius 2 is 1.96 bits per heavy atom. The van der Waals surface area contributed by atoms with E-state index in [1.807, 2.05) is 6.07 Å². The van der Waals surface area contributed by atoms with Crippen LogP contribution in [0, 0.1) is 0 Å². The van der Waals surface area contributed by atoms with Gasteiger partial charge < -0.3 is 10.6 Å². The van der Waals surface area contributed by atoms with Gasteiger partial charge in [0.1, 0.15) is 0 Å². The standard InChI is InChI=1S/C18H13ClF3N3O/c19-15-5-4-11(8-14(15)18(20,21)22)9-24-17(26)25-16-3-1-2-12-10-23-7-6-13(12)16/h1-8,10H,9H2,(H2,24,25,26). The van der Waals surface area contributed by atoms with Crippen LogP contribution in [0.1, 0.15) is 11.1 Å². The van der Waals surface area contributed by atoms with Gasteiger partial charge in [0.15, 0.2) is 0 Å². The number of benzene rings is 2. The van der Waals surface area contributed by atoms with Crippen LogP contribution in [0.4, 0.5) is 23.7 Å². The Morgan fingerprint density at radius 1 is 1.15 bits per heavy atom. The van der Waals surface area contributed by atoms with Crippen LogP contribution in [0.2, 0.25) is 5.02 Å². The van der Waals surface area contributed by atoms with Gasteiger partial charge in [-0.2, -0.15) is 13.2 Å². The number of anilines is 1. The molecule has 3 aromatic rings. The molecule has 2 amide bonds. The van der Waals surface area contributed by atoms with Gasteiger partial charge in [0, 0.05) is 29.7 Å². The summed E-state index contributed by atoms with van der Waals surface area (Å²) in [6.07, 6.45) is -1.27.